The van der Waals surface area contributed by atoms with Crippen LogP contribution in [0.5, 0.6) is 11.5 Å². The van der Waals surface area contributed by atoms with E-state index < -0.39 is 12.2 Å². The molecule has 0 bridgehead atoms. The van der Waals surface area contributed by atoms with Crippen LogP contribution in [0.3, 0.4) is 0 Å². The van der Waals surface area contributed by atoms with Crippen molar-refractivity contribution in [3.8, 4) is 17.2 Å². The molecule has 9 heteroatoms. The van der Waals surface area contributed by atoms with Crippen LogP contribution in [0.25, 0.3) is 5.69 Å². The van der Waals surface area contributed by atoms with Crippen LogP contribution >= 0.6 is 11.6 Å². The third-order valence-corrected chi connectivity index (χ3v) is 5.94. The molecule has 1 aliphatic heterocycles. The summed E-state index contributed by atoms with van der Waals surface area (Å²) < 4.78 is 25.1. The van der Waals surface area contributed by atoms with Gasteiger partial charge in [0.25, 0.3) is 0 Å². The van der Waals surface area contributed by atoms with Gasteiger partial charge in [-0.05, 0) is 37.6 Å². The highest BCUT2D eigenvalue weighted by Gasteiger charge is 2.36. The van der Waals surface area contributed by atoms with Gasteiger partial charge in [-0.15, -0.1) is 10.2 Å². The number of esters is 1. The van der Waals surface area contributed by atoms with Gasteiger partial charge in [-0.25, -0.2) is 0 Å². The lowest BCUT2D eigenvalue weighted by molar-refractivity contribution is -0.147. The molecule has 34 heavy (non-hydrogen) atoms. The molecular weight excluding hydrogens is 458 g/mol. The number of aromatic nitrogens is 3. The summed E-state index contributed by atoms with van der Waals surface area (Å²) in [6.45, 7) is 4.13. The summed E-state index contributed by atoms with van der Waals surface area (Å²) in [7, 11) is 3.17. The van der Waals surface area contributed by atoms with Gasteiger partial charge in [0.1, 0.15) is 18.0 Å². The Bertz CT molecular complexity index is 1180. The smallest absolute Gasteiger partial charge is 0.308 e. The SMILES string of the molecule is CCCc1nnc2n1-c1ccc(Cl)cc1C(c1cccc(OC)c1OC)O[C@H]2CC(=O)OCC. The van der Waals surface area contributed by atoms with Gasteiger partial charge in [0.2, 0.25) is 0 Å². The lowest BCUT2D eigenvalue weighted by atomic mass is 9.98. The molecule has 0 spiro atoms. The van der Waals surface area contributed by atoms with Crippen LogP contribution in [0.1, 0.15) is 61.7 Å². The van der Waals surface area contributed by atoms with E-state index in [1.54, 1.807) is 21.1 Å². The van der Waals surface area contributed by atoms with Gasteiger partial charge in [0.15, 0.2) is 17.3 Å². The average Bonchev–Trinajstić information content (AvgIpc) is 3.19. The Morgan fingerprint density at radius 2 is 1.94 bits per heavy atom. The number of aryl methyl sites for hydroxylation is 1. The van der Waals surface area contributed by atoms with Crippen molar-refractivity contribution in [3.05, 3.63) is 64.2 Å². The van der Waals surface area contributed by atoms with E-state index >= 15 is 0 Å². The maximum atomic E-state index is 12.5. The summed E-state index contributed by atoms with van der Waals surface area (Å²) >= 11 is 6.45. The van der Waals surface area contributed by atoms with Crippen molar-refractivity contribution in [1.29, 1.82) is 0 Å². The van der Waals surface area contributed by atoms with E-state index in [-0.39, 0.29) is 19.0 Å². The van der Waals surface area contributed by atoms with Gasteiger partial charge in [0, 0.05) is 22.6 Å². The lowest BCUT2D eigenvalue weighted by Crippen LogP contribution is -2.17. The number of methoxy groups -OCH3 is 2. The van der Waals surface area contributed by atoms with Gasteiger partial charge in [-0.2, -0.15) is 0 Å². The Labute approximate surface area is 203 Å². The van der Waals surface area contributed by atoms with Crippen LogP contribution in [0.2, 0.25) is 5.02 Å². The first-order valence-electron chi connectivity index (χ1n) is 11.3. The minimum absolute atomic E-state index is 0.0113. The molecule has 8 nitrogen and oxygen atoms in total. The molecule has 1 unspecified atom stereocenters. The number of fused-ring (bicyclic) bond motifs is 3. The number of carbonyl (C=O) groups excluding carboxylic acids is 1. The van der Waals surface area contributed by atoms with Gasteiger partial charge in [-0.3, -0.25) is 9.36 Å². The third kappa shape index (κ3) is 4.48. The van der Waals surface area contributed by atoms with E-state index in [0.29, 0.717) is 28.8 Å². The molecule has 0 radical (unpaired) electrons. The standard InChI is InChI=1S/C25H28ClN3O5/c1-5-8-21-27-28-25-20(14-22(30)33-6-2)34-23(16-9-7-10-19(31-3)24(16)32-4)17-13-15(26)11-12-18(17)29(21)25/h7,9-13,20,23H,5-6,8,14H2,1-4H3/t20-,23?/m0/s1. The maximum Gasteiger partial charge on any atom is 0.308 e. The predicted molar refractivity (Wildman–Crippen MR) is 127 cm³/mol. The van der Waals surface area contributed by atoms with Crippen LogP contribution in [0, 0.1) is 0 Å². The largest absolute Gasteiger partial charge is 0.493 e. The second-order valence-electron chi connectivity index (χ2n) is 7.86. The number of halogens is 1. The zero-order valence-corrected chi connectivity index (χ0v) is 20.5. The third-order valence-electron chi connectivity index (χ3n) is 5.70. The zero-order chi connectivity index (χ0) is 24.2. The van der Waals surface area contributed by atoms with E-state index in [4.69, 9.17) is 30.5 Å². The summed E-state index contributed by atoms with van der Waals surface area (Å²) in [6.07, 6.45) is 0.271. The van der Waals surface area contributed by atoms with Crippen molar-refractivity contribution < 1.29 is 23.7 Å². The minimum atomic E-state index is -0.704. The lowest BCUT2D eigenvalue weighted by Gasteiger charge is -2.24. The molecule has 2 aromatic carbocycles. The summed E-state index contributed by atoms with van der Waals surface area (Å²) in [4.78, 5) is 12.5. The molecule has 0 amide bonds. The molecule has 3 aromatic rings. The van der Waals surface area contributed by atoms with E-state index in [1.165, 1.54) is 0 Å². The fourth-order valence-corrected chi connectivity index (χ4v) is 4.47. The first kappa shape index (κ1) is 24.0. The van der Waals surface area contributed by atoms with E-state index in [1.807, 2.05) is 41.0 Å². The zero-order valence-electron chi connectivity index (χ0n) is 19.7. The minimum Gasteiger partial charge on any atom is -0.493 e. The van der Waals surface area contributed by atoms with Crippen molar-refractivity contribution in [2.75, 3.05) is 20.8 Å². The molecule has 0 fully saturated rings. The van der Waals surface area contributed by atoms with Gasteiger partial charge < -0.3 is 18.9 Å². The first-order chi connectivity index (χ1) is 16.5. The van der Waals surface area contributed by atoms with Crippen LogP contribution in [-0.2, 0) is 20.7 Å². The Morgan fingerprint density at radius 3 is 2.65 bits per heavy atom. The van der Waals surface area contributed by atoms with Gasteiger partial charge in [0.05, 0.1) is 32.9 Å². The number of carbonyl (C=O) groups is 1. The highest BCUT2D eigenvalue weighted by molar-refractivity contribution is 6.30. The molecule has 0 saturated carbocycles. The summed E-state index contributed by atoms with van der Waals surface area (Å²) in [5.41, 5.74) is 2.40. The summed E-state index contributed by atoms with van der Waals surface area (Å²) in [5, 5.41) is 9.42. The van der Waals surface area contributed by atoms with Crippen LogP contribution < -0.4 is 9.47 Å². The normalized spacial score (nSPS) is 16.9. The fraction of sp³-hybridized carbons (Fsp3) is 0.400. The van der Waals surface area contributed by atoms with Crippen molar-refractivity contribution in [3.63, 3.8) is 0 Å². The number of rotatable bonds is 8. The number of hydrogen-bond acceptors (Lipinski definition) is 7. The van der Waals surface area contributed by atoms with Crippen molar-refractivity contribution in [2.24, 2.45) is 0 Å². The quantitative estimate of drug-likeness (QED) is 0.415. The predicted octanol–water partition coefficient (Wildman–Crippen LogP) is 5.00. The van der Waals surface area contributed by atoms with Crippen molar-refractivity contribution >= 4 is 17.6 Å². The second-order valence-corrected chi connectivity index (χ2v) is 8.30. The molecule has 0 N–H and O–H groups in total. The Hall–Kier alpha value is -3.10. The molecule has 180 valence electrons. The van der Waals surface area contributed by atoms with Crippen LogP contribution in [-0.4, -0.2) is 41.6 Å². The average molecular weight is 486 g/mol. The van der Waals surface area contributed by atoms with E-state index in [9.17, 15) is 4.79 Å². The second kappa shape index (κ2) is 10.4. The highest BCUT2D eigenvalue weighted by Crippen LogP contribution is 2.46. The molecule has 2 atom stereocenters. The summed E-state index contributed by atoms with van der Waals surface area (Å²) in [5.74, 6) is 2.08. The topological polar surface area (TPSA) is 84.7 Å². The maximum absolute atomic E-state index is 12.5. The summed E-state index contributed by atoms with van der Waals surface area (Å²) in [6, 6.07) is 11.2. The van der Waals surface area contributed by atoms with Crippen LogP contribution in [0.15, 0.2) is 36.4 Å². The highest BCUT2D eigenvalue weighted by atomic mass is 35.5. The number of hydrogen-bond donors (Lipinski definition) is 0. The molecule has 4 rings (SSSR count). The Kier molecular flexibility index (Phi) is 7.38. The monoisotopic (exact) mass is 485 g/mol. The van der Waals surface area contributed by atoms with Crippen molar-refractivity contribution in [1.82, 2.24) is 14.8 Å². The fourth-order valence-electron chi connectivity index (χ4n) is 4.29. The molecule has 2 heterocycles. The Balaban J connectivity index is 1.95. The van der Waals surface area contributed by atoms with Crippen molar-refractivity contribution in [2.45, 2.75) is 45.3 Å². The molecular formula is C25H28ClN3O5. The molecule has 1 aromatic heterocycles. The Morgan fingerprint density at radius 1 is 1.12 bits per heavy atom. The number of benzene rings is 2. The van der Waals surface area contributed by atoms with Crippen LogP contribution in [0.4, 0.5) is 0 Å². The first-order valence-corrected chi connectivity index (χ1v) is 11.7. The molecule has 1 aliphatic rings. The molecule has 0 aliphatic carbocycles. The number of nitrogens with zero attached hydrogens (tertiary/aromatic N) is 3. The van der Waals surface area contributed by atoms with E-state index in [0.717, 1.165) is 29.1 Å². The van der Waals surface area contributed by atoms with E-state index in [2.05, 4.69) is 17.1 Å². The number of para-hydroxylation sites is 1. The molecule has 0 saturated heterocycles. The number of ether oxygens (including phenoxy) is 4. The van der Waals surface area contributed by atoms with Gasteiger partial charge >= 0.3 is 5.97 Å². The van der Waals surface area contributed by atoms with Gasteiger partial charge in [-0.1, -0.05) is 30.7 Å².